The highest BCUT2D eigenvalue weighted by atomic mass is 16.2. The van der Waals surface area contributed by atoms with Crippen LogP contribution >= 0.6 is 0 Å². The van der Waals surface area contributed by atoms with Crippen LogP contribution in [0, 0.1) is 0 Å². The standard InChI is InChI=1S/C12H19N5O2/c1-7(2)15-11(18)8(3)16-12(19)10-5-4-9(17-13)6-14-10/h4-8,17H,13H2,1-3H3,(H,15,18)(H,16,19). The van der Waals surface area contributed by atoms with E-state index in [0.717, 1.165) is 0 Å². The quantitative estimate of drug-likeness (QED) is 0.443. The van der Waals surface area contributed by atoms with E-state index in [0.29, 0.717) is 5.69 Å². The summed E-state index contributed by atoms with van der Waals surface area (Å²) < 4.78 is 0. The number of nitrogen functional groups attached to an aromatic ring is 1. The summed E-state index contributed by atoms with van der Waals surface area (Å²) in [6.07, 6.45) is 1.44. The van der Waals surface area contributed by atoms with Gasteiger partial charge in [0.2, 0.25) is 5.91 Å². The number of pyridine rings is 1. The van der Waals surface area contributed by atoms with Gasteiger partial charge in [0.15, 0.2) is 0 Å². The van der Waals surface area contributed by atoms with E-state index in [4.69, 9.17) is 5.84 Å². The highest BCUT2D eigenvalue weighted by molar-refractivity contribution is 5.96. The first-order valence-corrected chi connectivity index (χ1v) is 5.98. The van der Waals surface area contributed by atoms with Gasteiger partial charge in [-0.2, -0.15) is 0 Å². The van der Waals surface area contributed by atoms with Crippen molar-refractivity contribution in [2.45, 2.75) is 32.9 Å². The second-order valence-corrected chi connectivity index (χ2v) is 4.43. The smallest absolute Gasteiger partial charge is 0.270 e. The maximum absolute atomic E-state index is 11.8. The van der Waals surface area contributed by atoms with Gasteiger partial charge in [0.05, 0.1) is 11.9 Å². The van der Waals surface area contributed by atoms with Crippen molar-refractivity contribution in [1.82, 2.24) is 15.6 Å². The third-order valence-electron chi connectivity index (χ3n) is 2.33. The minimum Gasteiger partial charge on any atom is -0.352 e. The summed E-state index contributed by atoms with van der Waals surface area (Å²) in [7, 11) is 0. The molecule has 7 nitrogen and oxygen atoms in total. The summed E-state index contributed by atoms with van der Waals surface area (Å²) in [5, 5.41) is 5.29. The predicted octanol–water partition coefficient (Wildman–Crippen LogP) is 0.0101. The normalized spacial score (nSPS) is 11.8. The van der Waals surface area contributed by atoms with Gasteiger partial charge in [0.1, 0.15) is 11.7 Å². The van der Waals surface area contributed by atoms with Gasteiger partial charge in [-0.25, -0.2) is 4.98 Å². The van der Waals surface area contributed by atoms with Crippen LogP contribution in [0.2, 0.25) is 0 Å². The Labute approximate surface area is 111 Å². The average molecular weight is 265 g/mol. The molecule has 5 N–H and O–H groups in total. The van der Waals surface area contributed by atoms with Crippen molar-refractivity contribution in [1.29, 1.82) is 0 Å². The van der Waals surface area contributed by atoms with E-state index < -0.39 is 11.9 Å². The first-order chi connectivity index (χ1) is 8.93. The van der Waals surface area contributed by atoms with Crippen LogP contribution in [0.4, 0.5) is 5.69 Å². The van der Waals surface area contributed by atoms with Gasteiger partial charge in [-0.05, 0) is 32.9 Å². The maximum Gasteiger partial charge on any atom is 0.270 e. The number of aromatic nitrogens is 1. The van der Waals surface area contributed by atoms with Crippen LogP contribution in [0.1, 0.15) is 31.3 Å². The first-order valence-electron chi connectivity index (χ1n) is 5.98. The Morgan fingerprint density at radius 1 is 1.21 bits per heavy atom. The average Bonchev–Trinajstić information content (AvgIpc) is 2.37. The second kappa shape index (κ2) is 6.69. The molecule has 1 unspecified atom stereocenters. The van der Waals surface area contributed by atoms with E-state index >= 15 is 0 Å². The van der Waals surface area contributed by atoms with Crippen molar-refractivity contribution in [3.8, 4) is 0 Å². The SMILES string of the molecule is CC(C)NC(=O)C(C)NC(=O)c1ccc(NN)cn1. The zero-order valence-corrected chi connectivity index (χ0v) is 11.2. The first kappa shape index (κ1) is 14.9. The summed E-state index contributed by atoms with van der Waals surface area (Å²) in [4.78, 5) is 27.4. The van der Waals surface area contributed by atoms with Crippen molar-refractivity contribution in [2.75, 3.05) is 5.43 Å². The summed E-state index contributed by atoms with van der Waals surface area (Å²) in [6.45, 7) is 5.32. The van der Waals surface area contributed by atoms with Crippen LogP contribution in [-0.4, -0.2) is 28.9 Å². The Hall–Kier alpha value is -2.15. The zero-order valence-electron chi connectivity index (χ0n) is 11.2. The Bertz CT molecular complexity index is 444. The van der Waals surface area contributed by atoms with E-state index in [9.17, 15) is 9.59 Å². The fourth-order valence-electron chi connectivity index (χ4n) is 1.36. The molecule has 1 rings (SSSR count). The molecule has 0 radical (unpaired) electrons. The van der Waals surface area contributed by atoms with Gasteiger partial charge in [0.25, 0.3) is 5.91 Å². The van der Waals surface area contributed by atoms with Crippen molar-refractivity contribution in [2.24, 2.45) is 5.84 Å². The van der Waals surface area contributed by atoms with Gasteiger partial charge in [-0.3, -0.25) is 15.4 Å². The molecule has 1 atom stereocenters. The Morgan fingerprint density at radius 3 is 2.37 bits per heavy atom. The van der Waals surface area contributed by atoms with E-state index in [1.54, 1.807) is 13.0 Å². The lowest BCUT2D eigenvalue weighted by molar-refractivity contribution is -0.123. The Balaban J connectivity index is 2.60. The predicted molar refractivity (Wildman–Crippen MR) is 72.3 cm³/mol. The van der Waals surface area contributed by atoms with Crippen molar-refractivity contribution in [3.63, 3.8) is 0 Å². The van der Waals surface area contributed by atoms with E-state index in [-0.39, 0.29) is 17.6 Å². The zero-order chi connectivity index (χ0) is 14.4. The molecular weight excluding hydrogens is 246 g/mol. The summed E-state index contributed by atoms with van der Waals surface area (Å²) >= 11 is 0. The number of hydrazine groups is 1. The number of rotatable bonds is 5. The maximum atomic E-state index is 11.8. The number of hydrogen-bond donors (Lipinski definition) is 4. The minimum atomic E-state index is -0.621. The summed E-state index contributed by atoms with van der Waals surface area (Å²) in [5.41, 5.74) is 3.24. The summed E-state index contributed by atoms with van der Waals surface area (Å²) in [5.74, 6) is 4.56. The third-order valence-corrected chi connectivity index (χ3v) is 2.33. The van der Waals surface area contributed by atoms with E-state index in [1.807, 2.05) is 13.8 Å². The Kier molecular flexibility index (Phi) is 5.25. The van der Waals surface area contributed by atoms with Gasteiger partial charge >= 0.3 is 0 Å². The molecule has 0 saturated carbocycles. The molecule has 104 valence electrons. The van der Waals surface area contributed by atoms with Gasteiger partial charge in [-0.15, -0.1) is 0 Å². The largest absolute Gasteiger partial charge is 0.352 e. The van der Waals surface area contributed by atoms with E-state index in [1.165, 1.54) is 12.3 Å². The number of anilines is 1. The van der Waals surface area contributed by atoms with Crippen molar-refractivity contribution in [3.05, 3.63) is 24.0 Å². The second-order valence-electron chi connectivity index (χ2n) is 4.43. The molecular formula is C12H19N5O2. The van der Waals surface area contributed by atoms with Crippen LogP contribution < -0.4 is 21.9 Å². The molecule has 0 aromatic carbocycles. The molecule has 7 heteroatoms. The molecule has 0 aliphatic rings. The monoisotopic (exact) mass is 265 g/mol. The number of carbonyl (C=O) groups excluding carboxylic acids is 2. The van der Waals surface area contributed by atoms with Crippen LogP contribution in [0.5, 0.6) is 0 Å². The van der Waals surface area contributed by atoms with Gasteiger partial charge in [-0.1, -0.05) is 0 Å². The lowest BCUT2D eigenvalue weighted by Crippen LogP contribution is -2.46. The number of hydrogen-bond acceptors (Lipinski definition) is 5. The molecule has 0 aliphatic carbocycles. The fraction of sp³-hybridized carbons (Fsp3) is 0.417. The lowest BCUT2D eigenvalue weighted by Gasteiger charge is -2.15. The van der Waals surface area contributed by atoms with Gasteiger partial charge in [0, 0.05) is 6.04 Å². The Morgan fingerprint density at radius 2 is 1.89 bits per heavy atom. The van der Waals surface area contributed by atoms with Crippen LogP contribution in [0.15, 0.2) is 18.3 Å². The van der Waals surface area contributed by atoms with Crippen LogP contribution in [0.3, 0.4) is 0 Å². The molecule has 1 heterocycles. The number of carbonyl (C=O) groups is 2. The fourth-order valence-corrected chi connectivity index (χ4v) is 1.36. The number of nitrogens with two attached hydrogens (primary N) is 1. The molecule has 0 spiro atoms. The molecule has 19 heavy (non-hydrogen) atoms. The number of nitrogens with zero attached hydrogens (tertiary/aromatic N) is 1. The highest BCUT2D eigenvalue weighted by Crippen LogP contribution is 2.04. The highest BCUT2D eigenvalue weighted by Gasteiger charge is 2.17. The molecule has 2 amide bonds. The van der Waals surface area contributed by atoms with Gasteiger partial charge < -0.3 is 16.1 Å². The number of nitrogens with one attached hydrogen (secondary N) is 3. The topological polar surface area (TPSA) is 109 Å². The number of amides is 2. The molecule has 1 aromatic rings. The lowest BCUT2D eigenvalue weighted by atomic mass is 10.2. The third kappa shape index (κ3) is 4.55. The minimum absolute atomic E-state index is 0.0277. The molecule has 0 aliphatic heterocycles. The summed E-state index contributed by atoms with van der Waals surface area (Å²) in [6, 6.07) is 2.56. The molecule has 0 bridgehead atoms. The molecule has 0 fully saturated rings. The van der Waals surface area contributed by atoms with Crippen molar-refractivity contribution < 1.29 is 9.59 Å². The van der Waals surface area contributed by atoms with Crippen molar-refractivity contribution >= 4 is 17.5 Å². The van der Waals surface area contributed by atoms with Crippen LogP contribution in [-0.2, 0) is 4.79 Å². The van der Waals surface area contributed by atoms with Crippen LogP contribution in [0.25, 0.3) is 0 Å². The molecule has 1 aromatic heterocycles. The van der Waals surface area contributed by atoms with E-state index in [2.05, 4.69) is 21.0 Å². The molecule has 0 saturated heterocycles.